The first kappa shape index (κ1) is 7.61. The smallest absolute Gasteiger partial charge is 0.143 e. The second-order valence-electron chi connectivity index (χ2n) is 2.45. The van der Waals surface area contributed by atoms with E-state index in [1.807, 2.05) is 18.2 Å². The monoisotopic (exact) mass is 227 g/mol. The molecule has 0 aliphatic carbocycles. The molecule has 1 aromatic carbocycles. The molecule has 0 atom stereocenters. The molecule has 0 saturated carbocycles. The molecule has 1 aromatic rings. The molecule has 12 heavy (non-hydrogen) atoms. The van der Waals surface area contributed by atoms with Gasteiger partial charge in [0, 0.05) is 5.56 Å². The molecule has 0 aromatic heterocycles. The van der Waals surface area contributed by atoms with Gasteiger partial charge in [-0.1, -0.05) is 11.2 Å². The Kier molecular flexibility index (Phi) is 1.77. The third-order valence-electron chi connectivity index (χ3n) is 1.75. The van der Waals surface area contributed by atoms with E-state index >= 15 is 0 Å². The van der Waals surface area contributed by atoms with E-state index in [9.17, 15) is 0 Å². The second-order valence-corrected chi connectivity index (χ2v) is 3.31. The number of ether oxygens (including phenoxy) is 1. The van der Waals surface area contributed by atoms with Gasteiger partial charge in [0.2, 0.25) is 0 Å². The number of benzene rings is 1. The van der Waals surface area contributed by atoms with Crippen LogP contribution in [0.15, 0.2) is 27.8 Å². The van der Waals surface area contributed by atoms with Gasteiger partial charge in [0.05, 0.1) is 4.47 Å². The maximum atomic E-state index is 8.60. The van der Waals surface area contributed by atoms with E-state index in [1.54, 1.807) is 0 Å². The zero-order valence-corrected chi connectivity index (χ0v) is 7.71. The van der Waals surface area contributed by atoms with Crippen molar-refractivity contribution in [2.45, 2.75) is 0 Å². The third kappa shape index (κ3) is 0.992. The summed E-state index contributed by atoms with van der Waals surface area (Å²) < 4.78 is 6.18. The van der Waals surface area contributed by atoms with Gasteiger partial charge < -0.3 is 9.94 Å². The molecule has 1 aliphatic heterocycles. The van der Waals surface area contributed by atoms with E-state index in [0.29, 0.717) is 12.3 Å². The standard InChI is InChI=1S/C8H6BrNO2/c9-6-3-1-2-5-7(10-11)4-12-8(5)6/h1-3,11H,4H2/b10-7+. The molecule has 0 radical (unpaired) electrons. The second kappa shape index (κ2) is 2.79. The quantitative estimate of drug-likeness (QED) is 0.545. The van der Waals surface area contributed by atoms with Crippen molar-refractivity contribution in [3.8, 4) is 5.75 Å². The number of rotatable bonds is 0. The summed E-state index contributed by atoms with van der Waals surface area (Å²) >= 11 is 3.34. The summed E-state index contributed by atoms with van der Waals surface area (Å²) in [6.45, 7) is 0.342. The van der Waals surface area contributed by atoms with E-state index in [1.165, 1.54) is 0 Å². The van der Waals surface area contributed by atoms with Crippen LogP contribution >= 0.6 is 15.9 Å². The lowest BCUT2D eigenvalue weighted by Gasteiger charge is -1.98. The lowest BCUT2D eigenvalue weighted by Crippen LogP contribution is -2.01. The molecule has 1 aliphatic rings. The molecule has 1 N–H and O–H groups in total. The van der Waals surface area contributed by atoms with Gasteiger partial charge in [-0.25, -0.2) is 0 Å². The fourth-order valence-electron chi connectivity index (χ4n) is 1.18. The molecule has 4 heteroatoms. The molecule has 3 nitrogen and oxygen atoms in total. The highest BCUT2D eigenvalue weighted by atomic mass is 79.9. The zero-order valence-electron chi connectivity index (χ0n) is 6.12. The molecular formula is C8H6BrNO2. The van der Waals surface area contributed by atoms with Crippen LogP contribution in [-0.2, 0) is 0 Å². The van der Waals surface area contributed by atoms with Crippen molar-refractivity contribution in [2.75, 3.05) is 6.61 Å². The number of oxime groups is 1. The molecule has 0 saturated heterocycles. The number of fused-ring (bicyclic) bond motifs is 1. The number of nitrogens with zero attached hydrogens (tertiary/aromatic N) is 1. The summed E-state index contributed by atoms with van der Waals surface area (Å²) in [4.78, 5) is 0. The molecule has 2 rings (SSSR count). The Hall–Kier alpha value is -1.03. The Morgan fingerprint density at radius 2 is 2.33 bits per heavy atom. The average Bonchev–Trinajstić information content (AvgIpc) is 2.49. The van der Waals surface area contributed by atoms with Crippen LogP contribution in [0.1, 0.15) is 5.56 Å². The zero-order chi connectivity index (χ0) is 8.55. The van der Waals surface area contributed by atoms with Gasteiger partial charge in [0.1, 0.15) is 18.1 Å². The van der Waals surface area contributed by atoms with E-state index in [-0.39, 0.29) is 0 Å². The fraction of sp³-hybridized carbons (Fsp3) is 0.125. The van der Waals surface area contributed by atoms with Crippen LogP contribution in [0.2, 0.25) is 0 Å². The lowest BCUT2D eigenvalue weighted by molar-refractivity contribution is 0.313. The van der Waals surface area contributed by atoms with Crippen molar-refractivity contribution in [3.05, 3.63) is 28.2 Å². The van der Waals surface area contributed by atoms with Crippen molar-refractivity contribution in [1.82, 2.24) is 0 Å². The normalized spacial score (nSPS) is 17.6. The topological polar surface area (TPSA) is 41.8 Å². The summed E-state index contributed by atoms with van der Waals surface area (Å²) in [5, 5.41) is 11.7. The summed E-state index contributed by atoms with van der Waals surface area (Å²) in [6.07, 6.45) is 0. The number of hydrogen-bond donors (Lipinski definition) is 1. The molecule has 0 fully saturated rings. The van der Waals surface area contributed by atoms with E-state index in [4.69, 9.17) is 9.94 Å². The maximum absolute atomic E-state index is 8.60. The van der Waals surface area contributed by atoms with Crippen LogP contribution in [0.5, 0.6) is 5.75 Å². The molecule has 1 heterocycles. The van der Waals surface area contributed by atoms with Gasteiger partial charge in [-0.15, -0.1) is 0 Å². The van der Waals surface area contributed by atoms with Crippen LogP contribution in [0, 0.1) is 0 Å². The minimum atomic E-state index is 0.342. The van der Waals surface area contributed by atoms with E-state index < -0.39 is 0 Å². The van der Waals surface area contributed by atoms with Crippen molar-refractivity contribution in [2.24, 2.45) is 5.16 Å². The van der Waals surface area contributed by atoms with E-state index in [2.05, 4.69) is 21.1 Å². The van der Waals surface area contributed by atoms with Gasteiger partial charge in [0.15, 0.2) is 0 Å². The van der Waals surface area contributed by atoms with Crippen molar-refractivity contribution >= 4 is 21.6 Å². The van der Waals surface area contributed by atoms with E-state index in [0.717, 1.165) is 15.8 Å². The first-order valence-electron chi connectivity index (χ1n) is 3.45. The minimum absolute atomic E-state index is 0.342. The van der Waals surface area contributed by atoms with Crippen molar-refractivity contribution in [3.63, 3.8) is 0 Å². The van der Waals surface area contributed by atoms with Crippen molar-refractivity contribution < 1.29 is 9.94 Å². The van der Waals surface area contributed by atoms with Crippen LogP contribution in [0.4, 0.5) is 0 Å². The Bertz CT molecular complexity index is 349. The summed E-state index contributed by atoms with van der Waals surface area (Å²) in [6, 6.07) is 5.63. The summed E-state index contributed by atoms with van der Waals surface area (Å²) in [5.74, 6) is 0.755. The molecular weight excluding hydrogens is 222 g/mol. The number of para-hydroxylation sites is 1. The van der Waals surface area contributed by atoms with Crippen LogP contribution in [-0.4, -0.2) is 17.5 Å². The SMILES string of the molecule is O/N=C1\COc2c(Br)cccc21. The molecule has 62 valence electrons. The minimum Gasteiger partial charge on any atom is -0.485 e. The Morgan fingerprint density at radius 1 is 1.50 bits per heavy atom. The summed E-state index contributed by atoms with van der Waals surface area (Å²) in [5.41, 5.74) is 1.43. The highest BCUT2D eigenvalue weighted by Crippen LogP contribution is 2.33. The molecule has 0 spiro atoms. The van der Waals surface area contributed by atoms with Gasteiger partial charge in [-0.3, -0.25) is 0 Å². The maximum Gasteiger partial charge on any atom is 0.143 e. The first-order valence-corrected chi connectivity index (χ1v) is 4.25. The lowest BCUT2D eigenvalue weighted by atomic mass is 10.1. The van der Waals surface area contributed by atoms with Gasteiger partial charge >= 0.3 is 0 Å². The fourth-order valence-corrected chi connectivity index (χ4v) is 1.66. The van der Waals surface area contributed by atoms with Gasteiger partial charge in [0.25, 0.3) is 0 Å². The van der Waals surface area contributed by atoms with Crippen LogP contribution in [0.25, 0.3) is 0 Å². The third-order valence-corrected chi connectivity index (χ3v) is 2.38. The molecule has 0 bridgehead atoms. The van der Waals surface area contributed by atoms with Crippen LogP contribution in [0.3, 0.4) is 0 Å². The summed E-state index contributed by atoms with van der Waals surface area (Å²) in [7, 11) is 0. The molecule has 0 amide bonds. The Balaban J connectivity index is 2.61. The predicted molar refractivity (Wildman–Crippen MR) is 48.0 cm³/mol. The Labute approximate surface area is 77.8 Å². The number of hydrogen-bond acceptors (Lipinski definition) is 3. The highest BCUT2D eigenvalue weighted by molar-refractivity contribution is 9.10. The van der Waals surface area contributed by atoms with Gasteiger partial charge in [-0.05, 0) is 28.1 Å². The predicted octanol–water partition coefficient (Wildman–Crippen LogP) is 2.02. The first-order chi connectivity index (χ1) is 5.83. The highest BCUT2D eigenvalue weighted by Gasteiger charge is 2.21. The largest absolute Gasteiger partial charge is 0.485 e. The Morgan fingerprint density at radius 3 is 3.08 bits per heavy atom. The molecule has 0 unspecified atom stereocenters. The van der Waals surface area contributed by atoms with Gasteiger partial charge in [-0.2, -0.15) is 0 Å². The number of halogens is 1. The average molecular weight is 228 g/mol. The van der Waals surface area contributed by atoms with Crippen LogP contribution < -0.4 is 4.74 Å². The van der Waals surface area contributed by atoms with Crippen molar-refractivity contribution in [1.29, 1.82) is 0 Å².